The SMILES string of the molecule is CCc1sc(C(=O)Nc2c(Cl)cccc2C(=O)O)cc1C. The third-order valence-electron chi connectivity index (χ3n) is 3.05. The number of carboxylic acid groups (broad SMARTS) is 1. The second kappa shape index (κ2) is 6.28. The Morgan fingerprint density at radius 2 is 2.10 bits per heavy atom. The lowest BCUT2D eigenvalue weighted by atomic mass is 10.1. The van der Waals surface area contributed by atoms with E-state index in [9.17, 15) is 9.59 Å². The van der Waals surface area contributed by atoms with Crippen molar-refractivity contribution in [2.24, 2.45) is 0 Å². The molecule has 4 nitrogen and oxygen atoms in total. The van der Waals surface area contributed by atoms with Crippen molar-refractivity contribution in [3.8, 4) is 0 Å². The summed E-state index contributed by atoms with van der Waals surface area (Å²) in [5, 5.41) is 12.0. The largest absolute Gasteiger partial charge is 0.478 e. The fourth-order valence-corrected chi connectivity index (χ4v) is 3.22. The van der Waals surface area contributed by atoms with Crippen LogP contribution in [-0.2, 0) is 6.42 Å². The van der Waals surface area contributed by atoms with Gasteiger partial charge in [-0.3, -0.25) is 4.79 Å². The van der Waals surface area contributed by atoms with Crippen molar-refractivity contribution in [2.45, 2.75) is 20.3 Å². The number of nitrogens with one attached hydrogen (secondary N) is 1. The van der Waals surface area contributed by atoms with E-state index in [2.05, 4.69) is 5.32 Å². The van der Waals surface area contributed by atoms with Crippen molar-refractivity contribution < 1.29 is 14.7 Å². The molecule has 110 valence electrons. The quantitative estimate of drug-likeness (QED) is 0.885. The summed E-state index contributed by atoms with van der Waals surface area (Å²) in [5.41, 5.74) is 1.16. The monoisotopic (exact) mass is 323 g/mol. The number of aryl methyl sites for hydroxylation is 2. The molecule has 2 N–H and O–H groups in total. The molecule has 0 aliphatic rings. The van der Waals surface area contributed by atoms with Gasteiger partial charge in [0.15, 0.2) is 0 Å². The predicted octanol–water partition coefficient (Wildman–Crippen LogP) is 4.22. The molecule has 0 spiro atoms. The van der Waals surface area contributed by atoms with Crippen LogP contribution < -0.4 is 5.32 Å². The van der Waals surface area contributed by atoms with E-state index in [0.717, 1.165) is 16.9 Å². The molecular weight excluding hydrogens is 310 g/mol. The predicted molar refractivity (Wildman–Crippen MR) is 84.8 cm³/mol. The van der Waals surface area contributed by atoms with Crippen molar-refractivity contribution in [1.82, 2.24) is 0 Å². The fraction of sp³-hybridized carbons (Fsp3) is 0.200. The Balaban J connectivity index is 2.33. The average Bonchev–Trinajstić information content (AvgIpc) is 2.82. The number of carbonyl (C=O) groups excluding carboxylic acids is 1. The second-order valence-electron chi connectivity index (χ2n) is 4.49. The summed E-state index contributed by atoms with van der Waals surface area (Å²) in [5.74, 6) is -1.48. The van der Waals surface area contributed by atoms with Crippen molar-refractivity contribution in [3.05, 3.63) is 50.2 Å². The first-order valence-electron chi connectivity index (χ1n) is 6.36. The van der Waals surface area contributed by atoms with Crippen molar-refractivity contribution in [1.29, 1.82) is 0 Å². The Bertz CT molecular complexity index is 709. The molecule has 21 heavy (non-hydrogen) atoms. The molecule has 0 saturated carbocycles. The summed E-state index contributed by atoms with van der Waals surface area (Å²) in [6.07, 6.45) is 0.857. The summed E-state index contributed by atoms with van der Waals surface area (Å²) < 4.78 is 0. The molecule has 1 amide bonds. The Morgan fingerprint density at radius 1 is 1.38 bits per heavy atom. The Kier molecular flexibility index (Phi) is 4.65. The van der Waals surface area contributed by atoms with E-state index in [-0.39, 0.29) is 22.2 Å². The van der Waals surface area contributed by atoms with Crippen LogP contribution in [-0.4, -0.2) is 17.0 Å². The molecular formula is C15H14ClNO3S. The maximum absolute atomic E-state index is 12.3. The molecule has 0 bridgehead atoms. The number of para-hydroxylation sites is 1. The van der Waals surface area contributed by atoms with Crippen LogP contribution >= 0.6 is 22.9 Å². The van der Waals surface area contributed by atoms with Gasteiger partial charge in [-0.2, -0.15) is 0 Å². The number of aromatic carboxylic acids is 1. The average molecular weight is 324 g/mol. The highest BCUT2D eigenvalue weighted by Crippen LogP contribution is 2.28. The van der Waals surface area contributed by atoms with Gasteiger partial charge < -0.3 is 10.4 Å². The summed E-state index contributed by atoms with van der Waals surface area (Å²) in [6, 6.07) is 6.28. The lowest BCUT2D eigenvalue weighted by molar-refractivity contribution is 0.0698. The van der Waals surface area contributed by atoms with Gasteiger partial charge in [0.05, 0.1) is 21.2 Å². The van der Waals surface area contributed by atoms with Crippen LogP contribution in [0.5, 0.6) is 0 Å². The normalized spacial score (nSPS) is 10.4. The van der Waals surface area contributed by atoms with Crippen LogP contribution in [0.25, 0.3) is 0 Å². The number of carbonyl (C=O) groups is 2. The van der Waals surface area contributed by atoms with Gasteiger partial charge in [-0.05, 0) is 37.1 Å². The molecule has 0 fully saturated rings. The minimum atomic E-state index is -1.13. The van der Waals surface area contributed by atoms with Gasteiger partial charge >= 0.3 is 5.97 Å². The van der Waals surface area contributed by atoms with Gasteiger partial charge in [0.1, 0.15) is 0 Å². The highest BCUT2D eigenvalue weighted by atomic mass is 35.5. The maximum Gasteiger partial charge on any atom is 0.337 e. The van der Waals surface area contributed by atoms with Gasteiger partial charge in [-0.1, -0.05) is 24.6 Å². The van der Waals surface area contributed by atoms with Gasteiger partial charge in [-0.15, -0.1) is 11.3 Å². The van der Waals surface area contributed by atoms with Crippen molar-refractivity contribution >= 4 is 40.5 Å². The van der Waals surface area contributed by atoms with Crippen LogP contribution in [0, 0.1) is 6.92 Å². The number of anilines is 1. The molecule has 2 aromatic rings. The number of halogens is 1. The van der Waals surface area contributed by atoms with Crippen molar-refractivity contribution in [3.63, 3.8) is 0 Å². The van der Waals surface area contributed by atoms with E-state index in [1.165, 1.54) is 23.5 Å². The summed E-state index contributed by atoms with van der Waals surface area (Å²) in [6.45, 7) is 3.97. The molecule has 1 aromatic carbocycles. The van der Waals surface area contributed by atoms with Gasteiger partial charge in [-0.25, -0.2) is 4.79 Å². The van der Waals surface area contributed by atoms with Crippen molar-refractivity contribution in [2.75, 3.05) is 5.32 Å². The lowest BCUT2D eigenvalue weighted by Crippen LogP contribution is -2.14. The third kappa shape index (κ3) is 3.25. The topological polar surface area (TPSA) is 66.4 Å². The molecule has 0 aliphatic heterocycles. The number of benzene rings is 1. The molecule has 2 rings (SSSR count). The van der Waals surface area contributed by atoms with Crippen LogP contribution in [0.3, 0.4) is 0 Å². The van der Waals surface area contributed by atoms with E-state index in [4.69, 9.17) is 16.7 Å². The first-order chi connectivity index (χ1) is 9.93. The van der Waals surface area contributed by atoms with Crippen LogP contribution in [0.4, 0.5) is 5.69 Å². The van der Waals surface area contributed by atoms with Crippen LogP contribution in [0.1, 0.15) is 37.4 Å². The molecule has 0 saturated heterocycles. The molecule has 0 aliphatic carbocycles. The summed E-state index contributed by atoms with van der Waals surface area (Å²) >= 11 is 7.40. The molecule has 0 unspecified atom stereocenters. The van der Waals surface area contributed by atoms with Crippen LogP contribution in [0.2, 0.25) is 5.02 Å². The third-order valence-corrected chi connectivity index (χ3v) is 4.74. The fourth-order valence-electron chi connectivity index (χ4n) is 1.99. The number of hydrogen-bond donors (Lipinski definition) is 2. The number of amides is 1. The minimum Gasteiger partial charge on any atom is -0.478 e. The summed E-state index contributed by atoms with van der Waals surface area (Å²) in [7, 11) is 0. The van der Waals surface area contributed by atoms with E-state index in [1.54, 1.807) is 12.1 Å². The second-order valence-corrected chi connectivity index (χ2v) is 6.04. The van der Waals surface area contributed by atoms with Gasteiger partial charge in [0.2, 0.25) is 0 Å². The van der Waals surface area contributed by atoms with E-state index in [0.29, 0.717) is 4.88 Å². The Labute approximate surface area is 131 Å². The van der Waals surface area contributed by atoms with E-state index in [1.807, 2.05) is 13.8 Å². The number of rotatable bonds is 4. The molecule has 6 heteroatoms. The number of carboxylic acids is 1. The summed E-state index contributed by atoms with van der Waals surface area (Å²) in [4.78, 5) is 25.1. The zero-order valence-electron chi connectivity index (χ0n) is 11.6. The molecule has 1 aromatic heterocycles. The van der Waals surface area contributed by atoms with E-state index >= 15 is 0 Å². The minimum absolute atomic E-state index is 0.0279. The number of thiophene rings is 1. The molecule has 0 radical (unpaired) electrons. The molecule has 1 heterocycles. The smallest absolute Gasteiger partial charge is 0.337 e. The van der Waals surface area contributed by atoms with Crippen LogP contribution in [0.15, 0.2) is 24.3 Å². The maximum atomic E-state index is 12.3. The highest BCUT2D eigenvalue weighted by Gasteiger charge is 2.18. The van der Waals surface area contributed by atoms with E-state index < -0.39 is 5.97 Å². The standard InChI is InChI=1S/C15H14ClNO3S/c1-3-11-8(2)7-12(21-11)14(18)17-13-9(15(19)20)5-4-6-10(13)16/h4-7H,3H2,1-2H3,(H,17,18)(H,19,20). The highest BCUT2D eigenvalue weighted by molar-refractivity contribution is 7.14. The lowest BCUT2D eigenvalue weighted by Gasteiger charge is -2.09. The Hall–Kier alpha value is -1.85. The molecule has 0 atom stereocenters. The van der Waals surface area contributed by atoms with Gasteiger partial charge in [0.25, 0.3) is 5.91 Å². The zero-order valence-corrected chi connectivity index (χ0v) is 13.1. The first kappa shape index (κ1) is 15.5. The Morgan fingerprint density at radius 3 is 2.67 bits per heavy atom. The van der Waals surface area contributed by atoms with Gasteiger partial charge in [0, 0.05) is 4.88 Å². The number of hydrogen-bond acceptors (Lipinski definition) is 3. The zero-order chi connectivity index (χ0) is 15.6. The first-order valence-corrected chi connectivity index (χ1v) is 7.56.